The number of halogens is 3. The molecule has 0 saturated carbocycles. The van der Waals surface area contributed by atoms with E-state index in [2.05, 4.69) is 4.98 Å². The second-order valence-electron chi connectivity index (χ2n) is 8.85. The third-order valence-corrected chi connectivity index (χ3v) is 6.40. The Kier molecular flexibility index (Phi) is 5.26. The van der Waals surface area contributed by atoms with Crippen LogP contribution in [0.5, 0.6) is 5.75 Å². The number of imidazole rings is 1. The number of hydrogen-bond donors (Lipinski definition) is 0. The van der Waals surface area contributed by atoms with E-state index in [-0.39, 0.29) is 40.6 Å². The lowest BCUT2D eigenvalue weighted by atomic mass is 10.1. The molecule has 5 rings (SSSR count). The van der Waals surface area contributed by atoms with Gasteiger partial charge >= 0.3 is 0 Å². The Balaban J connectivity index is 1.33. The van der Waals surface area contributed by atoms with E-state index in [4.69, 9.17) is 4.74 Å². The molecule has 0 fully saturated rings. The van der Waals surface area contributed by atoms with Gasteiger partial charge in [0, 0.05) is 43.3 Å². The molecule has 3 heterocycles. The Morgan fingerprint density at radius 2 is 1.88 bits per heavy atom. The van der Waals surface area contributed by atoms with E-state index in [1.165, 1.54) is 10.6 Å². The highest BCUT2D eigenvalue weighted by molar-refractivity contribution is 5.93. The van der Waals surface area contributed by atoms with Crippen molar-refractivity contribution in [2.45, 2.75) is 45.2 Å². The molecule has 0 spiro atoms. The molecule has 2 aliphatic rings. The number of amides is 1. The summed E-state index contributed by atoms with van der Waals surface area (Å²) < 4.78 is 50.5. The second kappa shape index (κ2) is 8.03. The molecule has 2 aromatic heterocycles. The van der Waals surface area contributed by atoms with Crippen molar-refractivity contribution in [1.82, 2.24) is 19.0 Å². The number of pyridine rings is 1. The van der Waals surface area contributed by atoms with E-state index in [9.17, 15) is 22.8 Å². The van der Waals surface area contributed by atoms with Crippen LogP contribution in [0.2, 0.25) is 0 Å². The molecular weight excluding hydrogens is 449 g/mol. The Bertz CT molecular complexity index is 1350. The highest BCUT2D eigenvalue weighted by Crippen LogP contribution is 2.40. The molecule has 1 aromatic carbocycles. The van der Waals surface area contributed by atoms with Gasteiger partial charge in [-0.15, -0.1) is 0 Å². The van der Waals surface area contributed by atoms with Crippen molar-refractivity contribution in [2.24, 2.45) is 0 Å². The van der Waals surface area contributed by atoms with E-state index in [0.29, 0.717) is 18.8 Å². The molecule has 0 unspecified atom stereocenters. The first-order valence-corrected chi connectivity index (χ1v) is 11.0. The number of alkyl halides is 2. The topological polar surface area (TPSA) is 69.4 Å². The molecule has 0 saturated heterocycles. The number of aryl methyl sites for hydroxylation is 1. The minimum absolute atomic E-state index is 0.0126. The van der Waals surface area contributed by atoms with E-state index in [0.717, 1.165) is 11.8 Å². The zero-order valence-electron chi connectivity index (χ0n) is 18.7. The van der Waals surface area contributed by atoms with Gasteiger partial charge in [0.05, 0.1) is 18.1 Å². The van der Waals surface area contributed by atoms with Gasteiger partial charge in [0.2, 0.25) is 0 Å². The number of ether oxygens (including phenoxy) is 1. The first-order chi connectivity index (χ1) is 16.1. The molecular formula is C24H23F3N4O3. The minimum Gasteiger partial charge on any atom is -0.491 e. The van der Waals surface area contributed by atoms with Crippen LogP contribution in [-0.4, -0.2) is 50.0 Å². The van der Waals surface area contributed by atoms with Crippen molar-refractivity contribution in [3.63, 3.8) is 0 Å². The number of hydrogen-bond acceptors (Lipinski definition) is 4. The highest BCUT2D eigenvalue weighted by Gasteiger charge is 2.41. The smallest absolute Gasteiger partial charge is 0.275 e. The molecule has 1 aliphatic heterocycles. The fourth-order valence-electron chi connectivity index (χ4n) is 4.65. The number of carbonyl (C=O) groups excluding carboxylic acids is 1. The lowest BCUT2D eigenvalue weighted by Crippen LogP contribution is -2.50. The van der Waals surface area contributed by atoms with Gasteiger partial charge in [-0.25, -0.2) is 18.2 Å². The van der Waals surface area contributed by atoms with E-state index >= 15 is 0 Å². The van der Waals surface area contributed by atoms with E-state index < -0.39 is 30.6 Å². The van der Waals surface area contributed by atoms with Crippen molar-refractivity contribution in [1.29, 1.82) is 0 Å². The van der Waals surface area contributed by atoms with Crippen LogP contribution in [0, 0.1) is 12.7 Å². The van der Waals surface area contributed by atoms with Crippen LogP contribution in [0.25, 0.3) is 5.69 Å². The molecule has 0 bridgehead atoms. The summed E-state index contributed by atoms with van der Waals surface area (Å²) in [4.78, 5) is 31.8. The van der Waals surface area contributed by atoms with Crippen LogP contribution in [0.4, 0.5) is 13.2 Å². The number of fused-ring (bicyclic) bond motifs is 2. The Hall–Kier alpha value is -3.56. The molecule has 0 radical (unpaired) electrons. The normalized spacial score (nSPS) is 17.4. The molecule has 34 heavy (non-hydrogen) atoms. The van der Waals surface area contributed by atoms with Crippen molar-refractivity contribution in [3.05, 3.63) is 75.5 Å². The van der Waals surface area contributed by atoms with Crippen molar-refractivity contribution >= 4 is 5.91 Å². The summed E-state index contributed by atoms with van der Waals surface area (Å²) in [5, 5.41) is 0. The Labute approximate surface area is 193 Å². The van der Waals surface area contributed by atoms with Gasteiger partial charge in [-0.05, 0) is 38.1 Å². The second-order valence-corrected chi connectivity index (χ2v) is 8.85. The summed E-state index contributed by atoms with van der Waals surface area (Å²) in [6.45, 7) is 4.26. The minimum atomic E-state index is -3.00. The molecule has 10 heteroatoms. The summed E-state index contributed by atoms with van der Waals surface area (Å²) in [6.07, 6.45) is 2.08. The quantitative estimate of drug-likeness (QED) is 0.572. The summed E-state index contributed by atoms with van der Waals surface area (Å²) >= 11 is 0. The largest absolute Gasteiger partial charge is 0.491 e. The third kappa shape index (κ3) is 3.76. The van der Waals surface area contributed by atoms with Crippen LogP contribution in [0.3, 0.4) is 0 Å². The molecule has 7 nitrogen and oxygen atoms in total. The van der Waals surface area contributed by atoms with E-state index in [1.54, 1.807) is 41.0 Å². The van der Waals surface area contributed by atoms with Gasteiger partial charge in [0.1, 0.15) is 29.6 Å². The molecule has 178 valence electrons. The zero-order chi connectivity index (χ0) is 24.2. The summed E-state index contributed by atoms with van der Waals surface area (Å²) in [5.74, 6) is -3.76. The number of benzene rings is 1. The maximum atomic E-state index is 14.0. The van der Waals surface area contributed by atoms with Gasteiger partial charge in [-0.1, -0.05) is 0 Å². The van der Waals surface area contributed by atoms with Gasteiger partial charge in [-0.2, -0.15) is 0 Å². The summed E-state index contributed by atoms with van der Waals surface area (Å²) in [6, 6.07) is 5.31. The van der Waals surface area contributed by atoms with Crippen LogP contribution < -0.4 is 10.3 Å². The standard InChI is InChI=1S/C24H23F3N4O3/c1-14-11-29(13-28-14)19-4-5-20-23(33)30(7-8-31(20)22(19)32)15(2)12-34-21-6-3-18(25)16-9-24(26,27)10-17(16)21/h3-6,11,13,15H,7-10,12H2,1-2H3/t15-/m0/s1. The lowest BCUT2D eigenvalue weighted by molar-refractivity contribution is 0.0122. The predicted octanol–water partition coefficient (Wildman–Crippen LogP) is 3.14. The number of carbonyl (C=O) groups is 1. The van der Waals surface area contributed by atoms with Crippen LogP contribution in [-0.2, 0) is 19.4 Å². The number of aromatic nitrogens is 3. The number of nitrogens with zero attached hydrogens (tertiary/aromatic N) is 4. The number of rotatable bonds is 5. The first kappa shape index (κ1) is 22.2. The Morgan fingerprint density at radius 1 is 1.12 bits per heavy atom. The maximum Gasteiger partial charge on any atom is 0.275 e. The first-order valence-electron chi connectivity index (χ1n) is 11.0. The Morgan fingerprint density at radius 3 is 2.62 bits per heavy atom. The van der Waals surface area contributed by atoms with Crippen LogP contribution >= 0.6 is 0 Å². The monoisotopic (exact) mass is 472 g/mol. The van der Waals surface area contributed by atoms with Crippen molar-refractivity contribution < 1.29 is 22.7 Å². The SMILES string of the molecule is Cc1cn(-c2ccc3n(c2=O)CCN([C@@H](C)COc2ccc(F)c4c2CC(F)(F)C4)C3=O)cn1. The molecule has 3 aromatic rings. The maximum absolute atomic E-state index is 14.0. The van der Waals surface area contributed by atoms with Gasteiger partial charge in [0.25, 0.3) is 17.4 Å². The van der Waals surface area contributed by atoms with E-state index in [1.807, 2.05) is 6.92 Å². The fraction of sp³-hybridized carbons (Fsp3) is 0.375. The van der Waals surface area contributed by atoms with Gasteiger partial charge in [-0.3, -0.25) is 9.59 Å². The molecule has 1 aliphatic carbocycles. The third-order valence-electron chi connectivity index (χ3n) is 6.40. The average Bonchev–Trinajstić information content (AvgIpc) is 3.36. The predicted molar refractivity (Wildman–Crippen MR) is 117 cm³/mol. The lowest BCUT2D eigenvalue weighted by Gasteiger charge is -2.34. The average molecular weight is 472 g/mol. The summed E-state index contributed by atoms with van der Waals surface area (Å²) in [5.41, 5.74) is 1.33. The van der Waals surface area contributed by atoms with Crippen LogP contribution in [0.15, 0.2) is 41.6 Å². The fourth-order valence-corrected chi connectivity index (χ4v) is 4.65. The molecule has 1 atom stereocenters. The van der Waals surface area contributed by atoms with Gasteiger partial charge < -0.3 is 18.8 Å². The van der Waals surface area contributed by atoms with Crippen molar-refractivity contribution in [3.8, 4) is 11.4 Å². The molecule has 0 N–H and O–H groups in total. The summed E-state index contributed by atoms with van der Waals surface area (Å²) in [7, 11) is 0. The zero-order valence-corrected chi connectivity index (χ0v) is 18.7. The van der Waals surface area contributed by atoms with Crippen LogP contribution in [0.1, 0.15) is 34.2 Å². The van der Waals surface area contributed by atoms with Gasteiger partial charge in [0.15, 0.2) is 0 Å². The highest BCUT2D eigenvalue weighted by atomic mass is 19.3. The van der Waals surface area contributed by atoms with Crippen molar-refractivity contribution in [2.75, 3.05) is 13.2 Å². The molecule has 1 amide bonds.